The Kier molecular flexibility index (Phi) is 5.47. The summed E-state index contributed by atoms with van der Waals surface area (Å²) in [4.78, 5) is 25.8. The number of amides is 2. The normalized spacial score (nSPS) is 10.1. The van der Waals surface area contributed by atoms with Gasteiger partial charge in [0.25, 0.3) is 0 Å². The first-order valence-corrected chi connectivity index (χ1v) is 7.47. The molecule has 0 aliphatic rings. The summed E-state index contributed by atoms with van der Waals surface area (Å²) in [6, 6.07) is 11.7. The van der Waals surface area contributed by atoms with Crippen LogP contribution in [0.4, 0.5) is 17.1 Å². The van der Waals surface area contributed by atoms with Crippen molar-refractivity contribution in [1.82, 2.24) is 0 Å². The highest BCUT2D eigenvalue weighted by molar-refractivity contribution is 6.45. The Bertz CT molecular complexity index is 748. The van der Waals surface area contributed by atoms with E-state index in [0.717, 1.165) is 5.69 Å². The number of rotatable bonds is 3. The molecule has 0 radical (unpaired) electrons. The van der Waals surface area contributed by atoms with Crippen LogP contribution < -0.4 is 15.5 Å². The van der Waals surface area contributed by atoms with Gasteiger partial charge in [-0.15, -0.1) is 0 Å². The first kappa shape index (κ1) is 17.1. The molecule has 7 heteroatoms. The van der Waals surface area contributed by atoms with Crippen LogP contribution in [0.1, 0.15) is 0 Å². The summed E-state index contributed by atoms with van der Waals surface area (Å²) < 4.78 is 0. The molecule has 0 bridgehead atoms. The van der Waals surface area contributed by atoms with Crippen molar-refractivity contribution < 1.29 is 9.59 Å². The van der Waals surface area contributed by atoms with Gasteiger partial charge in [-0.1, -0.05) is 29.3 Å². The first-order valence-electron chi connectivity index (χ1n) is 6.71. The third-order valence-electron chi connectivity index (χ3n) is 3.00. The maximum absolute atomic E-state index is 12.0. The van der Waals surface area contributed by atoms with E-state index in [4.69, 9.17) is 23.2 Å². The van der Waals surface area contributed by atoms with Crippen LogP contribution in [0.3, 0.4) is 0 Å². The highest BCUT2D eigenvalue weighted by atomic mass is 35.5. The van der Waals surface area contributed by atoms with Gasteiger partial charge in [0, 0.05) is 30.5 Å². The lowest BCUT2D eigenvalue weighted by molar-refractivity contribution is -0.132. The molecule has 0 spiro atoms. The molecule has 0 aliphatic carbocycles. The monoisotopic (exact) mass is 351 g/mol. The van der Waals surface area contributed by atoms with Crippen LogP contribution in [-0.4, -0.2) is 25.9 Å². The molecular formula is C16H15Cl2N3O2. The van der Waals surface area contributed by atoms with E-state index in [1.165, 1.54) is 12.1 Å². The summed E-state index contributed by atoms with van der Waals surface area (Å²) in [7, 11) is 3.77. The lowest BCUT2D eigenvalue weighted by atomic mass is 10.2. The Hall–Kier alpha value is -2.24. The SMILES string of the molecule is CN(C)c1cccc(NC(=O)C(=O)Nc2cc(Cl)ccc2Cl)c1. The molecule has 0 fully saturated rings. The zero-order valence-corrected chi connectivity index (χ0v) is 14.1. The fourth-order valence-electron chi connectivity index (χ4n) is 1.82. The van der Waals surface area contributed by atoms with Crippen LogP contribution in [0, 0.1) is 0 Å². The number of halogens is 2. The van der Waals surface area contributed by atoms with Gasteiger partial charge in [-0.2, -0.15) is 0 Å². The second kappa shape index (κ2) is 7.35. The summed E-state index contributed by atoms with van der Waals surface area (Å²) in [5, 5.41) is 5.67. The summed E-state index contributed by atoms with van der Waals surface area (Å²) in [6.45, 7) is 0. The number of hydrogen-bond donors (Lipinski definition) is 2. The van der Waals surface area contributed by atoms with Crippen molar-refractivity contribution in [3.8, 4) is 0 Å². The van der Waals surface area contributed by atoms with Crippen molar-refractivity contribution in [2.75, 3.05) is 29.6 Å². The minimum absolute atomic E-state index is 0.279. The van der Waals surface area contributed by atoms with Gasteiger partial charge in [0.05, 0.1) is 10.7 Å². The molecular weight excluding hydrogens is 337 g/mol. The minimum atomic E-state index is -0.829. The number of carbonyl (C=O) groups excluding carboxylic acids is 2. The van der Waals surface area contributed by atoms with E-state index in [1.54, 1.807) is 24.3 Å². The Balaban J connectivity index is 2.07. The highest BCUT2D eigenvalue weighted by Gasteiger charge is 2.16. The Morgan fingerprint density at radius 2 is 1.65 bits per heavy atom. The van der Waals surface area contributed by atoms with Gasteiger partial charge < -0.3 is 15.5 Å². The zero-order chi connectivity index (χ0) is 17.0. The Morgan fingerprint density at radius 3 is 2.35 bits per heavy atom. The summed E-state index contributed by atoms with van der Waals surface area (Å²) in [5.74, 6) is -1.62. The topological polar surface area (TPSA) is 61.4 Å². The van der Waals surface area contributed by atoms with Crippen LogP contribution in [0.25, 0.3) is 0 Å². The first-order chi connectivity index (χ1) is 10.9. The van der Waals surface area contributed by atoms with E-state index in [1.807, 2.05) is 25.1 Å². The number of hydrogen-bond acceptors (Lipinski definition) is 3. The lowest BCUT2D eigenvalue weighted by Crippen LogP contribution is -2.29. The predicted octanol–water partition coefficient (Wildman–Crippen LogP) is 3.64. The lowest BCUT2D eigenvalue weighted by Gasteiger charge is -2.14. The Morgan fingerprint density at radius 1 is 0.957 bits per heavy atom. The second-order valence-corrected chi connectivity index (χ2v) is 5.82. The van der Waals surface area contributed by atoms with E-state index in [0.29, 0.717) is 15.7 Å². The van der Waals surface area contributed by atoms with E-state index < -0.39 is 11.8 Å². The number of anilines is 3. The highest BCUT2D eigenvalue weighted by Crippen LogP contribution is 2.25. The van der Waals surface area contributed by atoms with Crippen molar-refractivity contribution >= 4 is 52.1 Å². The summed E-state index contributed by atoms with van der Waals surface area (Å²) in [5.41, 5.74) is 1.70. The minimum Gasteiger partial charge on any atom is -0.378 e. The van der Waals surface area contributed by atoms with Gasteiger partial charge in [0.2, 0.25) is 0 Å². The average Bonchev–Trinajstić information content (AvgIpc) is 2.51. The fourth-order valence-corrected chi connectivity index (χ4v) is 2.16. The average molecular weight is 352 g/mol. The molecule has 0 aromatic heterocycles. The summed E-state index contributed by atoms with van der Waals surface area (Å²) in [6.07, 6.45) is 0. The molecule has 23 heavy (non-hydrogen) atoms. The van der Waals surface area contributed by atoms with Crippen molar-refractivity contribution in [2.24, 2.45) is 0 Å². The van der Waals surface area contributed by atoms with Gasteiger partial charge in [0.1, 0.15) is 0 Å². The molecule has 0 unspecified atom stereocenters. The predicted molar refractivity (Wildman–Crippen MR) is 94.5 cm³/mol. The third kappa shape index (κ3) is 4.61. The van der Waals surface area contributed by atoms with Gasteiger partial charge in [0.15, 0.2) is 0 Å². The molecule has 5 nitrogen and oxygen atoms in total. The number of nitrogens with one attached hydrogen (secondary N) is 2. The molecule has 0 saturated heterocycles. The largest absolute Gasteiger partial charge is 0.378 e. The smallest absolute Gasteiger partial charge is 0.314 e. The molecule has 0 aliphatic heterocycles. The third-order valence-corrected chi connectivity index (χ3v) is 3.57. The molecule has 2 aromatic rings. The van der Waals surface area contributed by atoms with E-state index >= 15 is 0 Å². The van der Waals surface area contributed by atoms with Crippen molar-refractivity contribution in [2.45, 2.75) is 0 Å². The molecule has 0 heterocycles. The molecule has 0 atom stereocenters. The van der Waals surface area contributed by atoms with Gasteiger partial charge >= 0.3 is 11.8 Å². The molecule has 2 aromatic carbocycles. The van der Waals surface area contributed by atoms with Gasteiger partial charge in [-0.3, -0.25) is 9.59 Å². The maximum Gasteiger partial charge on any atom is 0.314 e. The standard InChI is InChI=1S/C16H15Cl2N3O2/c1-21(2)12-5-3-4-11(9-12)19-15(22)16(23)20-14-8-10(17)6-7-13(14)18/h3-9H,1-2H3,(H,19,22)(H,20,23). The molecule has 2 rings (SSSR count). The quantitative estimate of drug-likeness (QED) is 0.830. The van der Waals surface area contributed by atoms with Crippen molar-refractivity contribution in [3.05, 3.63) is 52.5 Å². The molecule has 0 saturated carbocycles. The molecule has 2 amide bonds. The van der Waals surface area contributed by atoms with Crippen molar-refractivity contribution in [1.29, 1.82) is 0 Å². The fraction of sp³-hybridized carbons (Fsp3) is 0.125. The number of carbonyl (C=O) groups is 2. The second-order valence-electron chi connectivity index (χ2n) is 4.98. The van der Waals surface area contributed by atoms with Gasteiger partial charge in [-0.25, -0.2) is 0 Å². The maximum atomic E-state index is 12.0. The zero-order valence-electron chi connectivity index (χ0n) is 12.6. The van der Waals surface area contributed by atoms with E-state index in [9.17, 15) is 9.59 Å². The van der Waals surface area contributed by atoms with Gasteiger partial charge in [-0.05, 0) is 36.4 Å². The molecule has 2 N–H and O–H groups in total. The van der Waals surface area contributed by atoms with Crippen LogP contribution in [0.2, 0.25) is 10.0 Å². The molecule has 120 valence electrons. The number of benzene rings is 2. The van der Waals surface area contributed by atoms with Crippen LogP contribution in [-0.2, 0) is 9.59 Å². The van der Waals surface area contributed by atoms with E-state index in [-0.39, 0.29) is 5.69 Å². The van der Waals surface area contributed by atoms with E-state index in [2.05, 4.69) is 10.6 Å². The van der Waals surface area contributed by atoms with Crippen LogP contribution >= 0.6 is 23.2 Å². The van der Waals surface area contributed by atoms with Crippen LogP contribution in [0.5, 0.6) is 0 Å². The van der Waals surface area contributed by atoms with Crippen LogP contribution in [0.15, 0.2) is 42.5 Å². The summed E-state index contributed by atoms with van der Waals surface area (Å²) >= 11 is 11.8. The number of nitrogens with zero attached hydrogens (tertiary/aromatic N) is 1. The van der Waals surface area contributed by atoms with Crippen molar-refractivity contribution in [3.63, 3.8) is 0 Å². The Labute approximate surface area is 144 Å².